The third-order valence-corrected chi connectivity index (χ3v) is 2.79. The summed E-state index contributed by atoms with van der Waals surface area (Å²) in [6, 6.07) is 10.2. The van der Waals surface area contributed by atoms with Gasteiger partial charge in [-0.2, -0.15) is 0 Å². The number of aryl methyl sites for hydroxylation is 1. The highest BCUT2D eigenvalue weighted by Gasteiger charge is 2.24. The summed E-state index contributed by atoms with van der Waals surface area (Å²) in [5.41, 5.74) is 1.07. The summed E-state index contributed by atoms with van der Waals surface area (Å²) in [4.78, 5) is 6.96. The molecule has 0 fully saturated rings. The van der Waals surface area contributed by atoms with Crippen LogP contribution in [0.15, 0.2) is 42.9 Å². The normalized spacial score (nSPS) is 14.6. The van der Waals surface area contributed by atoms with Crippen molar-refractivity contribution in [1.29, 1.82) is 0 Å². The number of nitrogens with zero attached hydrogens (tertiary/aromatic N) is 1. The second-order valence-corrected chi connectivity index (χ2v) is 4.21. The molecule has 0 bridgehead atoms. The number of aromatic amines is 1. The molecule has 84 valence electrons. The number of imidazole rings is 1. The summed E-state index contributed by atoms with van der Waals surface area (Å²) in [6.45, 7) is 1.80. The largest absolute Gasteiger partial charge is 0.384 e. The number of nitrogens with one attached hydrogen (secondary N) is 1. The van der Waals surface area contributed by atoms with Gasteiger partial charge in [-0.1, -0.05) is 30.3 Å². The van der Waals surface area contributed by atoms with E-state index in [0.29, 0.717) is 12.1 Å². The number of benzene rings is 1. The van der Waals surface area contributed by atoms with Crippen molar-refractivity contribution in [2.75, 3.05) is 0 Å². The molecule has 1 aromatic heterocycles. The summed E-state index contributed by atoms with van der Waals surface area (Å²) in [7, 11) is 0. The Balaban J connectivity index is 2.00. The van der Waals surface area contributed by atoms with E-state index in [0.717, 1.165) is 6.42 Å². The Morgan fingerprint density at radius 3 is 2.69 bits per heavy atom. The summed E-state index contributed by atoms with van der Waals surface area (Å²) in [5.74, 6) is 0. The van der Waals surface area contributed by atoms with E-state index in [1.54, 1.807) is 19.4 Å². The quantitative estimate of drug-likeness (QED) is 0.823. The highest BCUT2D eigenvalue weighted by molar-refractivity contribution is 5.16. The first-order chi connectivity index (χ1) is 7.68. The van der Waals surface area contributed by atoms with Crippen molar-refractivity contribution < 1.29 is 5.11 Å². The van der Waals surface area contributed by atoms with Crippen LogP contribution in [0.25, 0.3) is 0 Å². The molecule has 0 aliphatic carbocycles. The Labute approximate surface area is 95.2 Å². The molecule has 16 heavy (non-hydrogen) atoms. The molecule has 0 amide bonds. The molecule has 0 saturated carbocycles. The molecule has 2 rings (SSSR count). The lowest BCUT2D eigenvalue weighted by atomic mass is 9.94. The average Bonchev–Trinajstić information content (AvgIpc) is 2.82. The lowest BCUT2D eigenvalue weighted by molar-refractivity contribution is 0.0440. The fraction of sp³-hybridized carbons (Fsp3) is 0.308. The zero-order valence-electron chi connectivity index (χ0n) is 9.35. The zero-order chi connectivity index (χ0) is 11.4. The fourth-order valence-electron chi connectivity index (χ4n) is 1.72. The third kappa shape index (κ3) is 2.49. The molecule has 3 heteroatoms. The second-order valence-electron chi connectivity index (χ2n) is 4.21. The van der Waals surface area contributed by atoms with Crippen molar-refractivity contribution in [3.8, 4) is 0 Å². The molecule has 2 aromatic rings. The molecule has 0 aliphatic heterocycles. The lowest BCUT2D eigenvalue weighted by Crippen LogP contribution is -2.22. The monoisotopic (exact) mass is 216 g/mol. The highest BCUT2D eigenvalue weighted by atomic mass is 16.3. The van der Waals surface area contributed by atoms with E-state index in [1.807, 2.05) is 18.2 Å². The van der Waals surface area contributed by atoms with E-state index in [-0.39, 0.29) is 0 Å². The lowest BCUT2D eigenvalue weighted by Gasteiger charge is -2.20. The Hall–Kier alpha value is -1.61. The number of H-pyrrole nitrogens is 1. The molecule has 2 N–H and O–H groups in total. The van der Waals surface area contributed by atoms with Crippen molar-refractivity contribution >= 4 is 0 Å². The van der Waals surface area contributed by atoms with Gasteiger partial charge in [0.15, 0.2) is 0 Å². The van der Waals surface area contributed by atoms with Gasteiger partial charge in [0.1, 0.15) is 5.60 Å². The first-order valence-electron chi connectivity index (χ1n) is 5.44. The topological polar surface area (TPSA) is 48.9 Å². The van der Waals surface area contributed by atoms with E-state index >= 15 is 0 Å². The van der Waals surface area contributed by atoms with Gasteiger partial charge < -0.3 is 10.1 Å². The summed E-state index contributed by atoms with van der Waals surface area (Å²) in [6.07, 6.45) is 4.85. The third-order valence-electron chi connectivity index (χ3n) is 2.79. The van der Waals surface area contributed by atoms with Gasteiger partial charge in [-0.25, -0.2) is 4.98 Å². The summed E-state index contributed by atoms with van der Waals surface area (Å²) < 4.78 is 0. The van der Waals surface area contributed by atoms with Gasteiger partial charge >= 0.3 is 0 Å². The molecule has 1 aromatic carbocycles. The van der Waals surface area contributed by atoms with Crippen LogP contribution in [0.4, 0.5) is 0 Å². The standard InChI is InChI=1S/C13H16N2O/c1-13(16,12-9-14-10-15-12)8-7-11-5-3-2-4-6-11/h2-6,9-10,16H,7-8H2,1H3,(H,14,15). The van der Waals surface area contributed by atoms with Gasteiger partial charge in [0.05, 0.1) is 12.0 Å². The van der Waals surface area contributed by atoms with Crippen LogP contribution in [0.3, 0.4) is 0 Å². The van der Waals surface area contributed by atoms with E-state index in [1.165, 1.54) is 5.56 Å². The molecular weight excluding hydrogens is 200 g/mol. The SMILES string of the molecule is CC(O)(CCc1ccccc1)c1c[nH]cn1. The predicted molar refractivity (Wildman–Crippen MR) is 62.9 cm³/mol. The van der Waals surface area contributed by atoms with Crippen molar-refractivity contribution in [1.82, 2.24) is 9.97 Å². The first-order valence-corrected chi connectivity index (χ1v) is 5.44. The Kier molecular flexibility index (Phi) is 3.06. The molecule has 0 spiro atoms. The van der Waals surface area contributed by atoms with Crippen LogP contribution in [0, 0.1) is 0 Å². The van der Waals surface area contributed by atoms with Crippen molar-refractivity contribution in [2.45, 2.75) is 25.4 Å². The molecule has 3 nitrogen and oxygen atoms in total. The predicted octanol–water partition coefficient (Wildman–Crippen LogP) is 2.25. The van der Waals surface area contributed by atoms with Gasteiger partial charge in [0.25, 0.3) is 0 Å². The zero-order valence-corrected chi connectivity index (χ0v) is 9.35. The highest BCUT2D eigenvalue weighted by Crippen LogP contribution is 2.23. The number of aromatic nitrogens is 2. The Bertz CT molecular complexity index is 420. The van der Waals surface area contributed by atoms with Crippen LogP contribution in [0.1, 0.15) is 24.6 Å². The smallest absolute Gasteiger partial charge is 0.106 e. The molecular formula is C13H16N2O. The minimum atomic E-state index is -0.865. The molecule has 1 unspecified atom stereocenters. The fourth-order valence-corrected chi connectivity index (χ4v) is 1.72. The van der Waals surface area contributed by atoms with E-state index in [4.69, 9.17) is 0 Å². The van der Waals surface area contributed by atoms with E-state index in [9.17, 15) is 5.11 Å². The van der Waals surface area contributed by atoms with E-state index < -0.39 is 5.60 Å². The molecule has 1 heterocycles. The first kappa shape index (κ1) is 10.9. The maximum absolute atomic E-state index is 10.3. The van der Waals surface area contributed by atoms with Gasteiger partial charge in [-0.05, 0) is 25.3 Å². The summed E-state index contributed by atoms with van der Waals surface area (Å²) >= 11 is 0. The van der Waals surface area contributed by atoms with Crippen LogP contribution in [0.2, 0.25) is 0 Å². The van der Waals surface area contributed by atoms with Gasteiger partial charge in [0.2, 0.25) is 0 Å². The van der Waals surface area contributed by atoms with Gasteiger partial charge in [-0.3, -0.25) is 0 Å². The Morgan fingerprint density at radius 2 is 2.06 bits per heavy atom. The second kappa shape index (κ2) is 4.49. The number of hydrogen-bond donors (Lipinski definition) is 2. The minimum Gasteiger partial charge on any atom is -0.384 e. The Morgan fingerprint density at radius 1 is 1.31 bits per heavy atom. The maximum atomic E-state index is 10.3. The van der Waals surface area contributed by atoms with Crippen LogP contribution < -0.4 is 0 Å². The number of hydrogen-bond acceptors (Lipinski definition) is 2. The van der Waals surface area contributed by atoms with Gasteiger partial charge in [-0.15, -0.1) is 0 Å². The maximum Gasteiger partial charge on any atom is 0.106 e. The van der Waals surface area contributed by atoms with Crippen LogP contribution in [-0.4, -0.2) is 15.1 Å². The van der Waals surface area contributed by atoms with Crippen molar-refractivity contribution in [3.63, 3.8) is 0 Å². The van der Waals surface area contributed by atoms with E-state index in [2.05, 4.69) is 22.1 Å². The average molecular weight is 216 g/mol. The van der Waals surface area contributed by atoms with Crippen molar-refractivity contribution in [3.05, 3.63) is 54.1 Å². The van der Waals surface area contributed by atoms with Crippen LogP contribution in [-0.2, 0) is 12.0 Å². The minimum absolute atomic E-state index is 0.669. The van der Waals surface area contributed by atoms with Crippen LogP contribution in [0.5, 0.6) is 0 Å². The molecule has 0 saturated heterocycles. The molecule has 0 aliphatic rings. The molecule has 0 radical (unpaired) electrons. The van der Waals surface area contributed by atoms with Crippen LogP contribution >= 0.6 is 0 Å². The number of aliphatic hydroxyl groups is 1. The summed E-state index contributed by atoms with van der Waals surface area (Å²) in [5, 5.41) is 10.3. The number of rotatable bonds is 4. The van der Waals surface area contributed by atoms with Gasteiger partial charge in [0, 0.05) is 6.20 Å². The molecule has 1 atom stereocenters. The van der Waals surface area contributed by atoms with Crippen molar-refractivity contribution in [2.24, 2.45) is 0 Å².